The highest BCUT2D eigenvalue weighted by molar-refractivity contribution is 9.10. The molecule has 1 unspecified atom stereocenters. The standard InChI is InChI=1S/C28H20BrN3O8S/c1-3-37-27(34)24-14(2)30-28-31(25(24)15-4-8-21-22(10-15)39-13-38-21)26(33)23(41-28)12-17-6-9-20(40-17)18-7-5-16(32(35)36)11-19(18)29/h4-12,25H,3,13H2,1-2H3. The van der Waals surface area contributed by atoms with Crippen molar-refractivity contribution in [3.05, 3.63) is 105 Å². The van der Waals surface area contributed by atoms with Crippen LogP contribution in [0, 0.1) is 10.1 Å². The fraction of sp³-hybridized carbons (Fsp3) is 0.179. The van der Waals surface area contributed by atoms with Crippen LogP contribution >= 0.6 is 27.3 Å². The summed E-state index contributed by atoms with van der Waals surface area (Å²) >= 11 is 4.53. The molecule has 0 saturated carbocycles. The molecule has 1 atom stereocenters. The number of carbonyl (C=O) groups is 1. The first-order chi connectivity index (χ1) is 19.7. The van der Waals surface area contributed by atoms with Gasteiger partial charge in [0.05, 0.1) is 33.4 Å². The lowest BCUT2D eigenvalue weighted by Crippen LogP contribution is -2.39. The summed E-state index contributed by atoms with van der Waals surface area (Å²) in [5, 5.41) is 11.1. The largest absolute Gasteiger partial charge is 0.463 e. The lowest BCUT2D eigenvalue weighted by molar-refractivity contribution is -0.384. The summed E-state index contributed by atoms with van der Waals surface area (Å²) in [6.45, 7) is 3.68. The van der Waals surface area contributed by atoms with E-state index in [-0.39, 0.29) is 30.2 Å². The van der Waals surface area contributed by atoms with Gasteiger partial charge in [0.2, 0.25) is 6.79 Å². The number of benzene rings is 2. The van der Waals surface area contributed by atoms with E-state index in [1.54, 1.807) is 56.3 Å². The fourth-order valence-electron chi connectivity index (χ4n) is 4.71. The molecule has 0 aliphatic carbocycles. The van der Waals surface area contributed by atoms with Crippen LogP contribution in [-0.4, -0.2) is 28.9 Å². The maximum Gasteiger partial charge on any atom is 0.338 e. The molecule has 0 spiro atoms. The van der Waals surface area contributed by atoms with Crippen LogP contribution in [0.5, 0.6) is 11.5 Å². The molecule has 4 aromatic rings. The number of hydrogen-bond donors (Lipinski definition) is 0. The minimum absolute atomic E-state index is 0.0528. The van der Waals surface area contributed by atoms with Crippen molar-refractivity contribution < 1.29 is 28.3 Å². The van der Waals surface area contributed by atoms with Gasteiger partial charge in [0.15, 0.2) is 16.3 Å². The summed E-state index contributed by atoms with van der Waals surface area (Å²) < 4.78 is 24.6. The van der Waals surface area contributed by atoms with Gasteiger partial charge in [-0.25, -0.2) is 9.79 Å². The summed E-state index contributed by atoms with van der Waals surface area (Å²) in [7, 11) is 0. The van der Waals surface area contributed by atoms with E-state index in [2.05, 4.69) is 20.9 Å². The lowest BCUT2D eigenvalue weighted by Gasteiger charge is -2.24. The van der Waals surface area contributed by atoms with E-state index in [0.29, 0.717) is 53.6 Å². The Balaban J connectivity index is 1.45. The van der Waals surface area contributed by atoms with E-state index in [1.165, 1.54) is 28.0 Å². The van der Waals surface area contributed by atoms with Crippen molar-refractivity contribution in [2.24, 2.45) is 4.99 Å². The summed E-state index contributed by atoms with van der Waals surface area (Å²) in [5.74, 6) is 1.40. The molecule has 0 N–H and O–H groups in total. The first kappa shape index (κ1) is 26.7. The monoisotopic (exact) mass is 637 g/mol. The summed E-state index contributed by atoms with van der Waals surface area (Å²) in [5.41, 5.74) is 1.55. The number of nitro benzene ring substituents is 1. The van der Waals surface area contributed by atoms with Gasteiger partial charge in [-0.15, -0.1) is 0 Å². The van der Waals surface area contributed by atoms with Crippen molar-refractivity contribution in [1.82, 2.24) is 4.57 Å². The third-order valence-electron chi connectivity index (χ3n) is 6.56. The highest BCUT2D eigenvalue weighted by atomic mass is 79.9. The van der Waals surface area contributed by atoms with Crippen LogP contribution in [0.2, 0.25) is 0 Å². The highest BCUT2D eigenvalue weighted by Crippen LogP contribution is 2.38. The zero-order chi connectivity index (χ0) is 28.8. The molecule has 0 fully saturated rings. The van der Waals surface area contributed by atoms with Crippen LogP contribution in [0.3, 0.4) is 0 Å². The summed E-state index contributed by atoms with van der Waals surface area (Å²) in [4.78, 5) is 42.5. The number of ether oxygens (including phenoxy) is 3. The SMILES string of the molecule is CCOC(=O)C1=C(C)N=c2sc(=Cc3ccc(-c4ccc([N+](=O)[O-])cc4Br)o3)c(=O)n2C1c1ccc2c(c1)OCO2. The van der Waals surface area contributed by atoms with Crippen LogP contribution in [0.1, 0.15) is 31.2 Å². The topological polar surface area (TPSA) is 135 Å². The number of thiazole rings is 1. The number of allylic oxidation sites excluding steroid dienone is 1. The first-order valence-corrected chi connectivity index (χ1v) is 14.0. The number of fused-ring (bicyclic) bond motifs is 2. The van der Waals surface area contributed by atoms with Gasteiger partial charge in [-0.3, -0.25) is 19.5 Å². The van der Waals surface area contributed by atoms with Gasteiger partial charge in [-0.2, -0.15) is 0 Å². The van der Waals surface area contributed by atoms with Crippen LogP contribution in [0.4, 0.5) is 5.69 Å². The van der Waals surface area contributed by atoms with E-state index in [9.17, 15) is 19.7 Å². The number of carbonyl (C=O) groups excluding carboxylic acids is 1. The van der Waals surface area contributed by atoms with E-state index in [0.717, 1.165) is 0 Å². The van der Waals surface area contributed by atoms with Crippen LogP contribution in [0.25, 0.3) is 17.4 Å². The molecule has 2 aromatic carbocycles. The normalized spacial score (nSPS) is 16.0. The Bertz CT molecular complexity index is 1950. The molecule has 11 nitrogen and oxygen atoms in total. The molecule has 0 bridgehead atoms. The van der Waals surface area contributed by atoms with E-state index < -0.39 is 16.9 Å². The third kappa shape index (κ3) is 4.76. The number of non-ortho nitro benzene ring substituents is 1. The number of aromatic nitrogens is 1. The molecule has 0 radical (unpaired) electrons. The molecule has 6 rings (SSSR count). The molecule has 0 saturated heterocycles. The van der Waals surface area contributed by atoms with Crippen molar-refractivity contribution in [2.45, 2.75) is 19.9 Å². The van der Waals surface area contributed by atoms with Crippen LogP contribution in [-0.2, 0) is 9.53 Å². The second-order valence-electron chi connectivity index (χ2n) is 9.04. The maximum atomic E-state index is 13.8. The molecule has 0 amide bonds. The lowest BCUT2D eigenvalue weighted by atomic mass is 9.95. The van der Waals surface area contributed by atoms with Gasteiger partial charge in [0.25, 0.3) is 11.2 Å². The Morgan fingerprint density at radius 1 is 1.22 bits per heavy atom. The molecule has 13 heteroatoms. The van der Waals surface area contributed by atoms with Gasteiger partial charge in [-0.1, -0.05) is 17.4 Å². The minimum Gasteiger partial charge on any atom is -0.463 e. The number of furan rings is 1. The number of nitrogens with zero attached hydrogens (tertiary/aromatic N) is 3. The Labute approximate surface area is 243 Å². The van der Waals surface area contributed by atoms with E-state index >= 15 is 0 Å². The molecule has 41 heavy (non-hydrogen) atoms. The summed E-state index contributed by atoms with van der Waals surface area (Å²) in [6.07, 6.45) is 1.60. The van der Waals surface area contributed by atoms with Crippen molar-refractivity contribution in [1.29, 1.82) is 0 Å². The Morgan fingerprint density at radius 3 is 2.78 bits per heavy atom. The predicted molar refractivity (Wildman–Crippen MR) is 151 cm³/mol. The van der Waals surface area contributed by atoms with Crippen LogP contribution < -0.4 is 24.4 Å². The number of esters is 1. The quantitative estimate of drug-likeness (QED) is 0.172. The second kappa shape index (κ2) is 10.5. The van der Waals surface area contributed by atoms with Crippen molar-refractivity contribution in [3.63, 3.8) is 0 Å². The molecular formula is C28H20BrN3O8S. The Kier molecular flexibility index (Phi) is 6.83. The van der Waals surface area contributed by atoms with Gasteiger partial charge < -0.3 is 18.6 Å². The van der Waals surface area contributed by atoms with Gasteiger partial charge in [0, 0.05) is 28.2 Å². The number of halogens is 1. The third-order valence-corrected chi connectivity index (χ3v) is 8.20. The average Bonchev–Trinajstić information content (AvgIpc) is 3.67. The van der Waals surface area contributed by atoms with Crippen LogP contribution in [0.15, 0.2) is 78.5 Å². The van der Waals surface area contributed by atoms with Crippen molar-refractivity contribution >= 4 is 45.0 Å². The first-order valence-electron chi connectivity index (χ1n) is 12.4. The van der Waals surface area contributed by atoms with Crippen molar-refractivity contribution in [2.75, 3.05) is 13.4 Å². The molecule has 208 valence electrons. The fourth-order valence-corrected chi connectivity index (χ4v) is 6.30. The molecule has 4 heterocycles. The average molecular weight is 638 g/mol. The smallest absolute Gasteiger partial charge is 0.338 e. The maximum absolute atomic E-state index is 13.8. The van der Waals surface area contributed by atoms with Gasteiger partial charge >= 0.3 is 5.97 Å². The summed E-state index contributed by atoms with van der Waals surface area (Å²) in [6, 6.07) is 12.3. The molecule has 2 aliphatic heterocycles. The molecule has 2 aliphatic rings. The van der Waals surface area contributed by atoms with E-state index in [4.69, 9.17) is 18.6 Å². The van der Waals surface area contributed by atoms with Crippen molar-refractivity contribution in [3.8, 4) is 22.8 Å². The Hall–Kier alpha value is -4.49. The predicted octanol–water partition coefficient (Wildman–Crippen LogP) is 4.46. The van der Waals surface area contributed by atoms with Gasteiger partial charge in [0.1, 0.15) is 11.5 Å². The van der Waals surface area contributed by atoms with Gasteiger partial charge in [-0.05, 0) is 65.7 Å². The minimum atomic E-state index is -0.801. The second-order valence-corrected chi connectivity index (χ2v) is 10.9. The molecular weight excluding hydrogens is 618 g/mol. The number of hydrogen-bond acceptors (Lipinski definition) is 10. The number of rotatable bonds is 6. The van der Waals surface area contributed by atoms with E-state index in [1.807, 2.05) is 0 Å². The zero-order valence-corrected chi connectivity index (χ0v) is 24.0. The molecule has 2 aromatic heterocycles. The number of nitro groups is 1. The zero-order valence-electron chi connectivity index (χ0n) is 21.6. The highest BCUT2D eigenvalue weighted by Gasteiger charge is 2.34. The Morgan fingerprint density at radius 2 is 2.02 bits per heavy atom.